The Hall–Kier alpha value is -1.06. The molecule has 0 aromatic carbocycles. The van der Waals surface area contributed by atoms with Crippen molar-refractivity contribution >= 4 is 11.8 Å². The third-order valence-corrected chi connectivity index (χ3v) is 2.89. The molecule has 1 saturated heterocycles. The van der Waals surface area contributed by atoms with Crippen molar-refractivity contribution in [3.8, 4) is 0 Å². The van der Waals surface area contributed by atoms with Crippen LogP contribution in [0.25, 0.3) is 0 Å². The first kappa shape index (κ1) is 14.0. The van der Waals surface area contributed by atoms with E-state index in [1.54, 1.807) is 0 Å². The van der Waals surface area contributed by atoms with E-state index in [2.05, 4.69) is 5.32 Å². The molecule has 2 amide bonds. The molecule has 0 aliphatic carbocycles. The van der Waals surface area contributed by atoms with Gasteiger partial charge in [-0.1, -0.05) is 13.8 Å². The normalized spacial score (nSPS) is 21.2. The zero-order valence-corrected chi connectivity index (χ0v) is 11.5. The van der Waals surface area contributed by atoms with E-state index in [0.29, 0.717) is 25.3 Å². The van der Waals surface area contributed by atoms with Gasteiger partial charge in [-0.2, -0.15) is 0 Å². The van der Waals surface area contributed by atoms with Crippen molar-refractivity contribution in [3.05, 3.63) is 0 Å². The molecule has 0 saturated carbocycles. The fourth-order valence-electron chi connectivity index (χ4n) is 2.11. The molecule has 17 heavy (non-hydrogen) atoms. The Kier molecular flexibility index (Phi) is 4.17. The van der Waals surface area contributed by atoms with E-state index in [4.69, 9.17) is 0 Å². The fraction of sp³-hybridized carbons (Fsp3) is 0.846. The van der Waals surface area contributed by atoms with E-state index in [-0.39, 0.29) is 23.4 Å². The van der Waals surface area contributed by atoms with Crippen LogP contribution in [0.2, 0.25) is 0 Å². The van der Waals surface area contributed by atoms with E-state index < -0.39 is 0 Å². The van der Waals surface area contributed by atoms with Crippen LogP contribution in [0.3, 0.4) is 0 Å². The van der Waals surface area contributed by atoms with Crippen LogP contribution in [0.15, 0.2) is 0 Å². The van der Waals surface area contributed by atoms with Crippen molar-refractivity contribution in [2.45, 2.75) is 59.0 Å². The van der Waals surface area contributed by atoms with Gasteiger partial charge in [0.05, 0.1) is 6.04 Å². The summed E-state index contributed by atoms with van der Waals surface area (Å²) in [6, 6.07) is -0.0204. The standard InChI is InChI=1S/C13H24N2O2/c1-9(2)6-11(16)14-10-7-12(17)15(8-10)13(3,4)5/h9-10H,6-8H2,1-5H3,(H,14,16). The highest BCUT2D eigenvalue weighted by Gasteiger charge is 2.36. The molecule has 1 aliphatic rings. The number of nitrogens with one attached hydrogen (secondary N) is 1. The van der Waals surface area contributed by atoms with Gasteiger partial charge in [0, 0.05) is 24.9 Å². The molecule has 0 aromatic heterocycles. The monoisotopic (exact) mass is 240 g/mol. The fourth-order valence-corrected chi connectivity index (χ4v) is 2.11. The lowest BCUT2D eigenvalue weighted by atomic mass is 10.1. The molecule has 0 radical (unpaired) electrons. The number of carbonyl (C=O) groups is 2. The number of carbonyl (C=O) groups excluding carboxylic acids is 2. The Labute approximate surface area is 104 Å². The minimum atomic E-state index is -0.158. The van der Waals surface area contributed by atoms with Crippen molar-refractivity contribution in [3.63, 3.8) is 0 Å². The average molecular weight is 240 g/mol. The number of rotatable bonds is 3. The van der Waals surface area contributed by atoms with Crippen LogP contribution in [-0.2, 0) is 9.59 Å². The lowest BCUT2D eigenvalue weighted by Gasteiger charge is -2.32. The number of hydrogen-bond donors (Lipinski definition) is 1. The number of hydrogen-bond acceptors (Lipinski definition) is 2. The predicted molar refractivity (Wildman–Crippen MR) is 67.5 cm³/mol. The van der Waals surface area contributed by atoms with Crippen molar-refractivity contribution in [1.29, 1.82) is 0 Å². The van der Waals surface area contributed by atoms with E-state index in [1.165, 1.54) is 0 Å². The summed E-state index contributed by atoms with van der Waals surface area (Å²) in [6.45, 7) is 10.7. The van der Waals surface area contributed by atoms with E-state index in [9.17, 15) is 9.59 Å². The van der Waals surface area contributed by atoms with Gasteiger partial charge in [0.15, 0.2) is 0 Å². The molecular weight excluding hydrogens is 216 g/mol. The first-order valence-electron chi connectivity index (χ1n) is 6.30. The van der Waals surface area contributed by atoms with Crippen LogP contribution < -0.4 is 5.32 Å². The van der Waals surface area contributed by atoms with Gasteiger partial charge in [0.1, 0.15) is 0 Å². The summed E-state index contributed by atoms with van der Waals surface area (Å²) < 4.78 is 0. The van der Waals surface area contributed by atoms with Gasteiger partial charge in [-0.05, 0) is 26.7 Å². The Morgan fingerprint density at radius 2 is 2.06 bits per heavy atom. The Morgan fingerprint density at radius 3 is 2.47 bits per heavy atom. The number of likely N-dealkylation sites (tertiary alicyclic amines) is 1. The van der Waals surface area contributed by atoms with Gasteiger partial charge in [-0.3, -0.25) is 9.59 Å². The minimum absolute atomic E-state index is 0.0204. The highest BCUT2D eigenvalue weighted by molar-refractivity contribution is 5.82. The molecule has 1 unspecified atom stereocenters. The Bertz CT molecular complexity index is 305. The quantitative estimate of drug-likeness (QED) is 0.813. The van der Waals surface area contributed by atoms with Crippen molar-refractivity contribution in [1.82, 2.24) is 10.2 Å². The molecule has 0 bridgehead atoms. The molecule has 4 heteroatoms. The van der Waals surface area contributed by atoms with Crippen molar-refractivity contribution in [2.24, 2.45) is 5.92 Å². The zero-order valence-electron chi connectivity index (χ0n) is 11.5. The third kappa shape index (κ3) is 4.02. The van der Waals surface area contributed by atoms with Crippen LogP contribution in [0.5, 0.6) is 0 Å². The van der Waals surface area contributed by atoms with Crippen LogP contribution in [0, 0.1) is 5.92 Å². The molecule has 98 valence electrons. The van der Waals surface area contributed by atoms with E-state index in [0.717, 1.165) is 0 Å². The largest absolute Gasteiger partial charge is 0.351 e. The second kappa shape index (κ2) is 5.07. The maximum atomic E-state index is 11.8. The van der Waals surface area contributed by atoms with Gasteiger partial charge >= 0.3 is 0 Å². The third-order valence-electron chi connectivity index (χ3n) is 2.89. The van der Waals surface area contributed by atoms with Crippen LogP contribution >= 0.6 is 0 Å². The summed E-state index contributed by atoms with van der Waals surface area (Å²) in [5, 5.41) is 2.94. The summed E-state index contributed by atoms with van der Waals surface area (Å²) in [7, 11) is 0. The van der Waals surface area contributed by atoms with Gasteiger partial charge in [0.25, 0.3) is 0 Å². The second-order valence-corrected chi connectivity index (χ2v) is 6.24. The summed E-state index contributed by atoms with van der Waals surface area (Å²) in [4.78, 5) is 25.3. The lowest BCUT2D eigenvalue weighted by Crippen LogP contribution is -2.44. The first-order chi connectivity index (χ1) is 7.70. The van der Waals surface area contributed by atoms with Crippen LogP contribution in [0.1, 0.15) is 47.5 Å². The van der Waals surface area contributed by atoms with Crippen molar-refractivity contribution in [2.75, 3.05) is 6.54 Å². The predicted octanol–water partition coefficient (Wildman–Crippen LogP) is 1.55. The Morgan fingerprint density at radius 1 is 1.47 bits per heavy atom. The topological polar surface area (TPSA) is 49.4 Å². The van der Waals surface area contributed by atoms with Crippen molar-refractivity contribution < 1.29 is 9.59 Å². The SMILES string of the molecule is CC(C)CC(=O)NC1CC(=O)N(C(C)(C)C)C1. The van der Waals surface area contributed by atoms with Crippen LogP contribution in [-0.4, -0.2) is 34.8 Å². The van der Waals surface area contributed by atoms with E-state index in [1.807, 2.05) is 39.5 Å². The zero-order chi connectivity index (χ0) is 13.2. The number of amides is 2. The summed E-state index contributed by atoms with van der Waals surface area (Å²) in [5.74, 6) is 0.534. The molecule has 1 heterocycles. The molecular formula is C13H24N2O2. The molecule has 1 atom stereocenters. The highest BCUT2D eigenvalue weighted by atomic mass is 16.2. The molecule has 1 N–H and O–H groups in total. The molecule has 1 fully saturated rings. The molecule has 1 aliphatic heterocycles. The van der Waals surface area contributed by atoms with Gasteiger partial charge in [-0.15, -0.1) is 0 Å². The highest BCUT2D eigenvalue weighted by Crippen LogP contribution is 2.21. The van der Waals surface area contributed by atoms with Crippen LogP contribution in [0.4, 0.5) is 0 Å². The van der Waals surface area contributed by atoms with Gasteiger partial charge < -0.3 is 10.2 Å². The summed E-state index contributed by atoms with van der Waals surface area (Å²) >= 11 is 0. The molecule has 0 spiro atoms. The molecule has 1 rings (SSSR count). The maximum Gasteiger partial charge on any atom is 0.225 e. The Balaban J connectivity index is 2.50. The number of nitrogens with zero attached hydrogens (tertiary/aromatic N) is 1. The first-order valence-corrected chi connectivity index (χ1v) is 6.30. The molecule has 4 nitrogen and oxygen atoms in total. The summed E-state index contributed by atoms with van der Waals surface area (Å²) in [6.07, 6.45) is 0.960. The van der Waals surface area contributed by atoms with Gasteiger partial charge in [-0.25, -0.2) is 0 Å². The summed E-state index contributed by atoms with van der Waals surface area (Å²) in [5.41, 5.74) is -0.158. The smallest absolute Gasteiger partial charge is 0.225 e. The molecule has 0 aromatic rings. The maximum absolute atomic E-state index is 11.8. The second-order valence-electron chi connectivity index (χ2n) is 6.24. The average Bonchev–Trinajstić information content (AvgIpc) is 2.43. The van der Waals surface area contributed by atoms with Gasteiger partial charge in [0.2, 0.25) is 11.8 Å². The van der Waals surface area contributed by atoms with E-state index >= 15 is 0 Å². The minimum Gasteiger partial charge on any atom is -0.351 e. The lowest BCUT2D eigenvalue weighted by molar-refractivity contribution is -0.131.